The zero-order valence-electron chi connectivity index (χ0n) is 8.49. The lowest BCUT2D eigenvalue weighted by molar-refractivity contribution is -0.137. The number of thioether (sulfide) groups is 1. The second kappa shape index (κ2) is 4.53. The van der Waals surface area contributed by atoms with Crippen molar-refractivity contribution in [3.8, 4) is 0 Å². The third kappa shape index (κ3) is 2.42. The normalized spacial score (nSPS) is 35.6. The summed E-state index contributed by atoms with van der Waals surface area (Å²) >= 11 is 1.76. The van der Waals surface area contributed by atoms with Gasteiger partial charge >= 0.3 is 5.97 Å². The first-order chi connectivity index (χ1) is 6.78. The Labute approximate surface area is 89.0 Å². The molecular weight excluding hydrogens is 198 g/mol. The highest BCUT2D eigenvalue weighted by atomic mass is 32.2. The van der Waals surface area contributed by atoms with E-state index in [4.69, 9.17) is 0 Å². The lowest BCUT2D eigenvalue weighted by Crippen LogP contribution is -2.39. The number of rotatable bonds is 3. The molecule has 2 atom stereocenters. The fourth-order valence-electron chi connectivity index (χ4n) is 2.39. The van der Waals surface area contributed by atoms with Crippen molar-refractivity contribution < 1.29 is 9.53 Å². The fraction of sp³-hybridized carbons (Fsp3) is 0.900. The van der Waals surface area contributed by atoms with Gasteiger partial charge in [0.25, 0.3) is 0 Å². The first-order valence-electron chi connectivity index (χ1n) is 5.22. The van der Waals surface area contributed by atoms with Crippen LogP contribution in [0.2, 0.25) is 0 Å². The Morgan fingerprint density at radius 3 is 2.64 bits per heavy atom. The van der Waals surface area contributed by atoms with Crippen LogP contribution < -0.4 is 5.32 Å². The van der Waals surface area contributed by atoms with E-state index in [0.29, 0.717) is 23.1 Å². The molecule has 14 heavy (non-hydrogen) atoms. The Bertz CT molecular complexity index is 210. The topological polar surface area (TPSA) is 38.3 Å². The summed E-state index contributed by atoms with van der Waals surface area (Å²) in [6.45, 7) is 0. The molecule has 0 aromatic carbocycles. The molecule has 0 radical (unpaired) electrons. The van der Waals surface area contributed by atoms with Gasteiger partial charge in [-0.2, -0.15) is 0 Å². The summed E-state index contributed by atoms with van der Waals surface area (Å²) < 4.78 is 4.64. The van der Waals surface area contributed by atoms with Crippen LogP contribution in [0.3, 0.4) is 0 Å². The quantitative estimate of drug-likeness (QED) is 0.717. The highest BCUT2D eigenvalue weighted by molar-refractivity contribution is 8.00. The molecule has 2 aliphatic rings. The fourth-order valence-corrected chi connectivity index (χ4v) is 3.61. The van der Waals surface area contributed by atoms with Crippen molar-refractivity contribution in [2.75, 3.05) is 12.9 Å². The minimum absolute atomic E-state index is 0.0964. The van der Waals surface area contributed by atoms with Crippen LogP contribution in [0, 0.1) is 0 Å². The van der Waals surface area contributed by atoms with E-state index in [1.54, 1.807) is 11.8 Å². The number of ether oxygens (including phenoxy) is 1. The minimum atomic E-state index is -0.0964. The van der Waals surface area contributed by atoms with E-state index in [1.165, 1.54) is 32.8 Å². The molecule has 2 rings (SSSR count). The van der Waals surface area contributed by atoms with Crippen molar-refractivity contribution >= 4 is 17.7 Å². The maximum atomic E-state index is 11.0. The van der Waals surface area contributed by atoms with Crippen molar-refractivity contribution in [1.82, 2.24) is 5.32 Å². The molecule has 2 bridgehead atoms. The Morgan fingerprint density at radius 1 is 1.43 bits per heavy atom. The minimum Gasteiger partial charge on any atom is -0.468 e. The van der Waals surface area contributed by atoms with Crippen LogP contribution in [0.4, 0.5) is 0 Å². The number of carbonyl (C=O) groups excluding carboxylic acids is 1. The molecular formula is C10H17NO2S. The van der Waals surface area contributed by atoms with Crippen molar-refractivity contribution in [3.63, 3.8) is 0 Å². The van der Waals surface area contributed by atoms with Crippen molar-refractivity contribution in [1.29, 1.82) is 0 Å². The van der Waals surface area contributed by atoms with Crippen LogP contribution in [-0.2, 0) is 9.53 Å². The van der Waals surface area contributed by atoms with E-state index in [1.807, 2.05) is 0 Å². The Balaban J connectivity index is 1.74. The van der Waals surface area contributed by atoms with E-state index in [-0.39, 0.29) is 5.97 Å². The summed E-state index contributed by atoms with van der Waals surface area (Å²) in [4.78, 5) is 11.0. The summed E-state index contributed by atoms with van der Waals surface area (Å²) in [6, 6.07) is 1.42. The summed E-state index contributed by atoms with van der Waals surface area (Å²) in [5.41, 5.74) is 0. The zero-order chi connectivity index (χ0) is 9.97. The second-order valence-corrected chi connectivity index (χ2v) is 5.41. The molecule has 0 spiro atoms. The number of fused-ring (bicyclic) bond motifs is 2. The monoisotopic (exact) mass is 215 g/mol. The lowest BCUT2D eigenvalue weighted by Gasteiger charge is -2.28. The molecule has 2 saturated heterocycles. The third-order valence-electron chi connectivity index (χ3n) is 3.09. The van der Waals surface area contributed by atoms with Gasteiger partial charge in [-0.15, -0.1) is 11.8 Å². The van der Waals surface area contributed by atoms with E-state index in [0.717, 1.165) is 0 Å². The van der Waals surface area contributed by atoms with E-state index >= 15 is 0 Å². The summed E-state index contributed by atoms with van der Waals surface area (Å²) in [5.74, 6) is 0.418. The van der Waals surface area contributed by atoms with Crippen molar-refractivity contribution in [2.45, 2.75) is 43.0 Å². The second-order valence-electron chi connectivity index (χ2n) is 4.12. The average molecular weight is 215 g/mol. The van der Waals surface area contributed by atoms with Crippen LogP contribution in [-0.4, -0.2) is 36.2 Å². The molecule has 2 heterocycles. The maximum absolute atomic E-state index is 11.0. The van der Waals surface area contributed by atoms with E-state index in [2.05, 4.69) is 10.1 Å². The van der Waals surface area contributed by atoms with Crippen LogP contribution >= 0.6 is 11.8 Å². The molecule has 0 aliphatic carbocycles. The maximum Gasteiger partial charge on any atom is 0.315 e. The molecule has 80 valence electrons. The van der Waals surface area contributed by atoms with Gasteiger partial charge in [0.05, 0.1) is 12.9 Å². The lowest BCUT2D eigenvalue weighted by atomic mass is 10.1. The summed E-state index contributed by atoms with van der Waals surface area (Å²) in [7, 11) is 1.45. The van der Waals surface area contributed by atoms with Gasteiger partial charge in [0, 0.05) is 17.3 Å². The van der Waals surface area contributed by atoms with E-state index in [9.17, 15) is 4.79 Å². The number of methoxy groups -OCH3 is 1. The number of hydrogen-bond donors (Lipinski definition) is 1. The first-order valence-corrected chi connectivity index (χ1v) is 6.27. The Morgan fingerprint density at radius 2 is 2.07 bits per heavy atom. The Hall–Kier alpha value is -0.220. The predicted molar refractivity (Wildman–Crippen MR) is 57.4 cm³/mol. The number of piperidine rings is 1. The average Bonchev–Trinajstić information content (AvgIpc) is 2.54. The molecule has 0 amide bonds. The summed E-state index contributed by atoms with van der Waals surface area (Å²) in [6.07, 6.45) is 5.08. The van der Waals surface area contributed by atoms with Crippen LogP contribution in [0.1, 0.15) is 25.7 Å². The molecule has 3 nitrogen and oxygen atoms in total. The van der Waals surface area contributed by atoms with Crippen molar-refractivity contribution in [2.24, 2.45) is 0 Å². The third-order valence-corrected chi connectivity index (χ3v) is 4.35. The van der Waals surface area contributed by atoms with Gasteiger partial charge in [-0.05, 0) is 25.7 Å². The molecule has 2 aliphatic heterocycles. The molecule has 0 saturated carbocycles. The standard InChI is InChI=1S/C10H17NO2S/c1-13-10(12)6-14-9-4-7-2-3-8(5-9)11-7/h7-9,11H,2-6H2,1H3. The largest absolute Gasteiger partial charge is 0.468 e. The highest BCUT2D eigenvalue weighted by Crippen LogP contribution is 2.33. The SMILES string of the molecule is COC(=O)CSC1CC2CCC(C1)N2. The number of esters is 1. The highest BCUT2D eigenvalue weighted by Gasteiger charge is 2.33. The molecule has 0 aromatic heterocycles. The molecule has 1 N–H and O–H groups in total. The van der Waals surface area contributed by atoms with Gasteiger partial charge in [-0.1, -0.05) is 0 Å². The molecule has 2 fully saturated rings. The van der Waals surface area contributed by atoms with Gasteiger partial charge in [-0.3, -0.25) is 4.79 Å². The van der Waals surface area contributed by atoms with Gasteiger partial charge < -0.3 is 10.1 Å². The van der Waals surface area contributed by atoms with Crippen LogP contribution in [0.25, 0.3) is 0 Å². The van der Waals surface area contributed by atoms with Crippen LogP contribution in [0.5, 0.6) is 0 Å². The van der Waals surface area contributed by atoms with Gasteiger partial charge in [-0.25, -0.2) is 0 Å². The van der Waals surface area contributed by atoms with E-state index < -0.39 is 0 Å². The predicted octanol–water partition coefficient (Wildman–Crippen LogP) is 1.18. The first kappa shape index (κ1) is 10.3. The van der Waals surface area contributed by atoms with Crippen LogP contribution in [0.15, 0.2) is 0 Å². The van der Waals surface area contributed by atoms with Crippen molar-refractivity contribution in [3.05, 3.63) is 0 Å². The number of nitrogens with one attached hydrogen (secondary N) is 1. The zero-order valence-corrected chi connectivity index (χ0v) is 9.31. The number of hydrogen-bond acceptors (Lipinski definition) is 4. The van der Waals surface area contributed by atoms with Gasteiger partial charge in [0.2, 0.25) is 0 Å². The number of carbonyl (C=O) groups is 1. The van der Waals surface area contributed by atoms with Gasteiger partial charge in [0.1, 0.15) is 0 Å². The Kier molecular flexibility index (Phi) is 3.34. The smallest absolute Gasteiger partial charge is 0.315 e. The van der Waals surface area contributed by atoms with Gasteiger partial charge in [0.15, 0.2) is 0 Å². The molecule has 0 aromatic rings. The summed E-state index contributed by atoms with van der Waals surface area (Å²) in [5, 5.41) is 4.25. The molecule has 2 unspecified atom stereocenters. The molecule has 4 heteroatoms.